The Kier molecular flexibility index (Phi) is 7.20. The summed E-state index contributed by atoms with van der Waals surface area (Å²) in [6.45, 7) is 3.12. The van der Waals surface area contributed by atoms with E-state index in [1.165, 1.54) is 6.07 Å². The van der Waals surface area contributed by atoms with Crippen LogP contribution in [0.3, 0.4) is 0 Å². The van der Waals surface area contributed by atoms with E-state index < -0.39 is 0 Å². The van der Waals surface area contributed by atoms with E-state index in [1.54, 1.807) is 46.7 Å². The number of carbonyl (C=O) groups is 2. The second kappa shape index (κ2) is 10.1. The van der Waals surface area contributed by atoms with Gasteiger partial charge in [-0.05, 0) is 43.5 Å². The number of rotatable bonds is 6. The predicted octanol–water partition coefficient (Wildman–Crippen LogP) is 4.87. The zero-order valence-electron chi connectivity index (χ0n) is 18.2. The predicted molar refractivity (Wildman–Crippen MR) is 125 cm³/mol. The smallest absolute Gasteiger partial charge is 0.309 e. The minimum Gasteiger partial charge on any atom is -0.466 e. The fourth-order valence-electron chi connectivity index (χ4n) is 4.15. The highest BCUT2D eigenvalue weighted by molar-refractivity contribution is 6.42. The van der Waals surface area contributed by atoms with E-state index in [1.807, 2.05) is 0 Å². The average molecular weight is 492 g/mol. The number of likely N-dealkylation sites (tertiary alicyclic amines) is 1. The molecule has 0 N–H and O–H groups in total. The number of imidazole rings is 1. The number of halogens is 3. The van der Waals surface area contributed by atoms with E-state index in [-0.39, 0.29) is 36.6 Å². The SMILES string of the molecule is CCOC(=O)C1CCN(C(=O)Cn2c(Cc3ccccc3F)nc3cc(Cl)c(Cl)cc32)CC1. The van der Waals surface area contributed by atoms with E-state index in [0.29, 0.717) is 65.0 Å². The van der Waals surface area contributed by atoms with Gasteiger partial charge in [0.05, 0.1) is 33.6 Å². The van der Waals surface area contributed by atoms with Crippen LogP contribution in [-0.2, 0) is 27.3 Å². The van der Waals surface area contributed by atoms with E-state index in [9.17, 15) is 14.0 Å². The monoisotopic (exact) mass is 491 g/mol. The Morgan fingerprint density at radius 1 is 1.15 bits per heavy atom. The third kappa shape index (κ3) is 5.14. The third-order valence-electron chi connectivity index (χ3n) is 5.94. The van der Waals surface area contributed by atoms with Crippen LogP contribution in [0.4, 0.5) is 4.39 Å². The fraction of sp³-hybridized carbons (Fsp3) is 0.375. The Balaban J connectivity index is 1.58. The first kappa shape index (κ1) is 23.5. The molecule has 174 valence electrons. The molecule has 9 heteroatoms. The highest BCUT2D eigenvalue weighted by Crippen LogP contribution is 2.29. The molecule has 1 aliphatic rings. The molecule has 6 nitrogen and oxygen atoms in total. The van der Waals surface area contributed by atoms with Gasteiger partial charge in [-0.15, -0.1) is 0 Å². The van der Waals surface area contributed by atoms with Gasteiger partial charge in [0, 0.05) is 19.5 Å². The van der Waals surface area contributed by atoms with Crippen LogP contribution in [0.2, 0.25) is 10.0 Å². The lowest BCUT2D eigenvalue weighted by atomic mass is 9.97. The van der Waals surface area contributed by atoms with Crippen molar-refractivity contribution in [1.29, 1.82) is 0 Å². The highest BCUT2D eigenvalue weighted by Gasteiger charge is 2.29. The van der Waals surface area contributed by atoms with Gasteiger partial charge in [0.2, 0.25) is 5.91 Å². The molecule has 1 aromatic heterocycles. The molecule has 33 heavy (non-hydrogen) atoms. The molecule has 0 atom stereocenters. The first-order chi connectivity index (χ1) is 15.9. The number of ether oxygens (including phenoxy) is 1. The summed E-state index contributed by atoms with van der Waals surface area (Å²) in [7, 11) is 0. The van der Waals surface area contributed by atoms with Gasteiger partial charge >= 0.3 is 5.97 Å². The Morgan fingerprint density at radius 3 is 2.55 bits per heavy atom. The van der Waals surface area contributed by atoms with Gasteiger partial charge in [0.15, 0.2) is 0 Å². The number of benzene rings is 2. The first-order valence-electron chi connectivity index (χ1n) is 10.9. The van der Waals surface area contributed by atoms with Crippen LogP contribution < -0.4 is 0 Å². The summed E-state index contributed by atoms with van der Waals surface area (Å²) >= 11 is 12.4. The minimum absolute atomic E-state index is 0.0301. The van der Waals surface area contributed by atoms with Crippen molar-refractivity contribution in [3.8, 4) is 0 Å². The van der Waals surface area contributed by atoms with Crippen molar-refractivity contribution < 1.29 is 18.7 Å². The molecule has 3 aromatic rings. The lowest BCUT2D eigenvalue weighted by Gasteiger charge is -2.31. The van der Waals surface area contributed by atoms with Gasteiger partial charge in [-0.1, -0.05) is 41.4 Å². The van der Waals surface area contributed by atoms with Crippen molar-refractivity contribution >= 4 is 46.1 Å². The van der Waals surface area contributed by atoms with Gasteiger partial charge in [0.25, 0.3) is 0 Å². The number of fused-ring (bicyclic) bond motifs is 1. The number of piperidine rings is 1. The fourth-order valence-corrected chi connectivity index (χ4v) is 4.47. The Hall–Kier alpha value is -2.64. The molecule has 1 amide bonds. The molecule has 1 saturated heterocycles. The number of hydrogen-bond acceptors (Lipinski definition) is 4. The molecule has 4 rings (SSSR count). The third-order valence-corrected chi connectivity index (χ3v) is 6.66. The molecular weight excluding hydrogens is 468 g/mol. The molecule has 2 heterocycles. The van der Waals surface area contributed by atoms with Crippen LogP contribution >= 0.6 is 23.2 Å². The Morgan fingerprint density at radius 2 is 1.85 bits per heavy atom. The quantitative estimate of drug-likeness (QED) is 0.461. The first-order valence-corrected chi connectivity index (χ1v) is 11.6. The maximum Gasteiger partial charge on any atom is 0.309 e. The van der Waals surface area contributed by atoms with Crippen molar-refractivity contribution in [2.75, 3.05) is 19.7 Å². The van der Waals surface area contributed by atoms with Gasteiger partial charge < -0.3 is 14.2 Å². The number of amides is 1. The maximum atomic E-state index is 14.3. The van der Waals surface area contributed by atoms with Crippen LogP contribution in [0.25, 0.3) is 11.0 Å². The summed E-state index contributed by atoms with van der Waals surface area (Å²) in [6, 6.07) is 9.81. The molecule has 0 bridgehead atoms. The Bertz CT molecular complexity index is 1190. The summed E-state index contributed by atoms with van der Waals surface area (Å²) < 4.78 is 21.2. The number of hydrogen-bond donors (Lipinski definition) is 0. The minimum atomic E-state index is -0.334. The molecule has 1 aliphatic heterocycles. The van der Waals surface area contributed by atoms with Crippen molar-refractivity contribution in [2.45, 2.75) is 32.7 Å². The maximum absolute atomic E-state index is 14.3. The molecule has 2 aromatic carbocycles. The normalized spacial score (nSPS) is 14.6. The van der Waals surface area contributed by atoms with Crippen molar-refractivity contribution in [3.63, 3.8) is 0 Å². The van der Waals surface area contributed by atoms with Crippen molar-refractivity contribution in [1.82, 2.24) is 14.5 Å². The van der Waals surface area contributed by atoms with Crippen molar-refractivity contribution in [2.24, 2.45) is 5.92 Å². The number of esters is 1. The zero-order valence-corrected chi connectivity index (χ0v) is 19.7. The summed E-state index contributed by atoms with van der Waals surface area (Å²) in [6.07, 6.45) is 1.35. The summed E-state index contributed by atoms with van der Waals surface area (Å²) in [5.74, 6) is -0.273. The largest absolute Gasteiger partial charge is 0.466 e. The number of nitrogens with zero attached hydrogens (tertiary/aromatic N) is 3. The molecule has 0 radical (unpaired) electrons. The topological polar surface area (TPSA) is 64.4 Å². The second-order valence-electron chi connectivity index (χ2n) is 8.04. The van der Waals surface area contributed by atoms with Gasteiger partial charge in [-0.2, -0.15) is 0 Å². The summed E-state index contributed by atoms with van der Waals surface area (Å²) in [5.41, 5.74) is 1.73. The molecule has 0 spiro atoms. The average Bonchev–Trinajstić information content (AvgIpc) is 3.11. The van der Waals surface area contributed by atoms with Crippen LogP contribution in [0, 0.1) is 11.7 Å². The Labute approximate surface area is 201 Å². The van der Waals surface area contributed by atoms with Crippen LogP contribution in [0.15, 0.2) is 36.4 Å². The lowest BCUT2D eigenvalue weighted by Crippen LogP contribution is -2.42. The van der Waals surface area contributed by atoms with Gasteiger partial charge in [-0.25, -0.2) is 9.37 Å². The van der Waals surface area contributed by atoms with Crippen LogP contribution in [-0.4, -0.2) is 46.0 Å². The van der Waals surface area contributed by atoms with Crippen molar-refractivity contribution in [3.05, 3.63) is 63.6 Å². The lowest BCUT2D eigenvalue weighted by molar-refractivity contribution is -0.151. The standard InChI is InChI=1S/C24H24Cl2FN3O3/c1-2-33-24(32)15-7-9-29(10-8-15)23(31)14-30-21-13-18(26)17(25)12-20(21)28-22(30)11-16-5-3-4-6-19(16)27/h3-6,12-13,15H,2,7-11,14H2,1H3. The molecule has 0 saturated carbocycles. The summed E-state index contributed by atoms with van der Waals surface area (Å²) in [4.78, 5) is 31.5. The highest BCUT2D eigenvalue weighted by atomic mass is 35.5. The second-order valence-corrected chi connectivity index (χ2v) is 8.86. The zero-order chi connectivity index (χ0) is 23.5. The molecule has 1 fully saturated rings. The number of aromatic nitrogens is 2. The van der Waals surface area contributed by atoms with Gasteiger partial charge in [0.1, 0.15) is 18.2 Å². The van der Waals surface area contributed by atoms with Crippen LogP contribution in [0.1, 0.15) is 31.2 Å². The van der Waals surface area contributed by atoms with E-state index in [2.05, 4.69) is 4.98 Å². The van der Waals surface area contributed by atoms with Crippen LogP contribution in [0.5, 0.6) is 0 Å². The van der Waals surface area contributed by atoms with Gasteiger partial charge in [-0.3, -0.25) is 9.59 Å². The van der Waals surface area contributed by atoms with E-state index in [0.717, 1.165) is 0 Å². The molecule has 0 aliphatic carbocycles. The number of carbonyl (C=O) groups excluding carboxylic acids is 2. The summed E-state index contributed by atoms with van der Waals surface area (Å²) in [5, 5.41) is 0.712. The molecule has 0 unspecified atom stereocenters. The van der Waals surface area contributed by atoms with E-state index >= 15 is 0 Å². The molecular formula is C24H24Cl2FN3O3. The van der Waals surface area contributed by atoms with E-state index in [4.69, 9.17) is 27.9 Å².